The number of amides is 1. The number of carbonyl (C=O) groups is 2. The van der Waals surface area contributed by atoms with Crippen LogP contribution in [0.1, 0.15) is 46.5 Å². The summed E-state index contributed by atoms with van der Waals surface area (Å²) in [5, 5.41) is 2.71. The van der Waals surface area contributed by atoms with Crippen LogP contribution in [-0.4, -0.2) is 25.0 Å². The van der Waals surface area contributed by atoms with E-state index in [0.717, 1.165) is 19.3 Å². The molecular formula is C12H23NO3. The zero-order valence-electron chi connectivity index (χ0n) is 10.7. The molecular weight excluding hydrogens is 206 g/mol. The van der Waals surface area contributed by atoms with Gasteiger partial charge in [-0.25, -0.2) is 4.79 Å². The Hall–Kier alpha value is -1.06. The van der Waals surface area contributed by atoms with Gasteiger partial charge in [0.25, 0.3) is 0 Å². The minimum Gasteiger partial charge on any atom is -0.467 e. The number of carbonyl (C=O) groups excluding carboxylic acids is 2. The van der Waals surface area contributed by atoms with E-state index in [1.54, 1.807) is 0 Å². The highest BCUT2D eigenvalue weighted by Crippen LogP contribution is 2.08. The van der Waals surface area contributed by atoms with Gasteiger partial charge in [-0.3, -0.25) is 4.79 Å². The Bertz CT molecular complexity index is 228. The Morgan fingerprint density at radius 1 is 1.31 bits per heavy atom. The minimum atomic E-state index is -0.512. The van der Waals surface area contributed by atoms with Crippen molar-refractivity contribution in [3.8, 4) is 0 Å². The van der Waals surface area contributed by atoms with Crippen LogP contribution in [0.4, 0.5) is 0 Å². The van der Waals surface area contributed by atoms with Gasteiger partial charge in [0, 0.05) is 5.92 Å². The summed E-state index contributed by atoms with van der Waals surface area (Å²) < 4.78 is 4.61. The number of unbranched alkanes of at least 4 members (excludes halogenated alkanes) is 1. The molecule has 0 heterocycles. The first kappa shape index (κ1) is 14.9. The van der Waals surface area contributed by atoms with Crippen LogP contribution < -0.4 is 5.32 Å². The molecule has 0 aliphatic rings. The molecule has 0 bridgehead atoms. The van der Waals surface area contributed by atoms with Crippen molar-refractivity contribution in [2.75, 3.05) is 7.11 Å². The highest BCUT2D eigenvalue weighted by molar-refractivity contribution is 5.85. The lowest BCUT2D eigenvalue weighted by molar-refractivity contribution is -0.145. The van der Waals surface area contributed by atoms with Crippen molar-refractivity contribution in [2.24, 2.45) is 5.92 Å². The van der Waals surface area contributed by atoms with Crippen LogP contribution in [0.5, 0.6) is 0 Å². The molecule has 0 aromatic rings. The van der Waals surface area contributed by atoms with E-state index < -0.39 is 6.04 Å². The molecule has 0 rings (SSSR count). The molecule has 0 fully saturated rings. The van der Waals surface area contributed by atoms with Gasteiger partial charge < -0.3 is 10.1 Å². The predicted molar refractivity (Wildman–Crippen MR) is 62.9 cm³/mol. The smallest absolute Gasteiger partial charge is 0.328 e. The van der Waals surface area contributed by atoms with Gasteiger partial charge in [-0.1, -0.05) is 33.6 Å². The molecule has 1 N–H and O–H groups in total. The van der Waals surface area contributed by atoms with Crippen LogP contribution in [-0.2, 0) is 14.3 Å². The monoisotopic (exact) mass is 229 g/mol. The van der Waals surface area contributed by atoms with Crippen LogP contribution in [0, 0.1) is 5.92 Å². The van der Waals surface area contributed by atoms with E-state index in [0.29, 0.717) is 6.42 Å². The maximum atomic E-state index is 11.7. The topological polar surface area (TPSA) is 55.4 Å². The molecule has 2 atom stereocenters. The fraction of sp³-hybridized carbons (Fsp3) is 0.833. The van der Waals surface area contributed by atoms with Gasteiger partial charge in [-0.15, -0.1) is 0 Å². The van der Waals surface area contributed by atoms with Gasteiger partial charge in [0.2, 0.25) is 5.91 Å². The maximum Gasteiger partial charge on any atom is 0.328 e. The number of methoxy groups -OCH3 is 1. The zero-order chi connectivity index (χ0) is 12.6. The Morgan fingerprint density at radius 3 is 2.38 bits per heavy atom. The maximum absolute atomic E-state index is 11.7. The Kier molecular flexibility index (Phi) is 7.60. The quantitative estimate of drug-likeness (QED) is 0.678. The van der Waals surface area contributed by atoms with Crippen LogP contribution in [0.25, 0.3) is 0 Å². The molecule has 0 aliphatic heterocycles. The van der Waals surface area contributed by atoms with Crippen molar-refractivity contribution in [3.63, 3.8) is 0 Å². The second-order valence-corrected chi connectivity index (χ2v) is 4.04. The first-order valence-electron chi connectivity index (χ1n) is 5.94. The van der Waals surface area contributed by atoms with Crippen molar-refractivity contribution < 1.29 is 14.3 Å². The van der Waals surface area contributed by atoms with Gasteiger partial charge in [-0.05, 0) is 12.8 Å². The molecule has 0 spiro atoms. The first-order chi connectivity index (χ1) is 7.56. The van der Waals surface area contributed by atoms with E-state index >= 15 is 0 Å². The molecule has 94 valence electrons. The lowest BCUT2D eigenvalue weighted by Gasteiger charge is -2.17. The van der Waals surface area contributed by atoms with Crippen LogP contribution in [0.3, 0.4) is 0 Å². The summed E-state index contributed by atoms with van der Waals surface area (Å²) in [6.07, 6.45) is 3.52. The van der Waals surface area contributed by atoms with Crippen LogP contribution in [0.2, 0.25) is 0 Å². The normalized spacial score (nSPS) is 14.0. The average Bonchev–Trinajstić information content (AvgIpc) is 2.31. The molecule has 4 heteroatoms. The van der Waals surface area contributed by atoms with Crippen molar-refractivity contribution in [2.45, 2.75) is 52.5 Å². The van der Waals surface area contributed by atoms with Crippen molar-refractivity contribution in [1.82, 2.24) is 5.32 Å². The standard InChI is InChI=1S/C12H23NO3/c1-5-7-8-9(3)11(14)13-10(6-2)12(15)16-4/h9-10H,5-8H2,1-4H3,(H,13,14). The third-order valence-electron chi connectivity index (χ3n) is 2.65. The third kappa shape index (κ3) is 5.14. The summed E-state index contributed by atoms with van der Waals surface area (Å²) in [5.41, 5.74) is 0. The van der Waals surface area contributed by atoms with Gasteiger partial charge in [0.05, 0.1) is 7.11 Å². The summed E-state index contributed by atoms with van der Waals surface area (Å²) in [4.78, 5) is 23.0. The molecule has 4 nitrogen and oxygen atoms in total. The molecule has 0 radical (unpaired) electrons. The van der Waals surface area contributed by atoms with Crippen LogP contribution in [0.15, 0.2) is 0 Å². The van der Waals surface area contributed by atoms with E-state index in [1.807, 2.05) is 13.8 Å². The summed E-state index contributed by atoms with van der Waals surface area (Å²) >= 11 is 0. The van der Waals surface area contributed by atoms with Gasteiger partial charge in [0.15, 0.2) is 0 Å². The summed E-state index contributed by atoms with van der Waals surface area (Å²) in [7, 11) is 1.33. The molecule has 0 aliphatic carbocycles. The average molecular weight is 229 g/mol. The lowest BCUT2D eigenvalue weighted by Crippen LogP contribution is -2.43. The summed E-state index contributed by atoms with van der Waals surface area (Å²) in [5.74, 6) is -0.483. The molecule has 0 saturated carbocycles. The van der Waals surface area contributed by atoms with Crippen molar-refractivity contribution >= 4 is 11.9 Å². The predicted octanol–water partition coefficient (Wildman–Crippen LogP) is 1.88. The molecule has 16 heavy (non-hydrogen) atoms. The number of hydrogen-bond donors (Lipinski definition) is 1. The Labute approximate surface area is 97.7 Å². The van der Waals surface area contributed by atoms with E-state index in [2.05, 4.69) is 17.0 Å². The molecule has 0 aromatic carbocycles. The highest BCUT2D eigenvalue weighted by Gasteiger charge is 2.21. The van der Waals surface area contributed by atoms with Crippen molar-refractivity contribution in [3.05, 3.63) is 0 Å². The largest absolute Gasteiger partial charge is 0.467 e. The number of nitrogens with one attached hydrogen (secondary N) is 1. The SMILES string of the molecule is CCCCC(C)C(=O)NC(CC)C(=O)OC. The summed E-state index contributed by atoms with van der Waals surface area (Å²) in [6, 6.07) is -0.512. The van der Waals surface area contributed by atoms with Crippen molar-refractivity contribution in [1.29, 1.82) is 0 Å². The second kappa shape index (κ2) is 8.13. The fourth-order valence-electron chi connectivity index (χ4n) is 1.43. The molecule has 2 unspecified atom stereocenters. The van der Waals surface area contributed by atoms with Gasteiger partial charge in [-0.2, -0.15) is 0 Å². The number of ether oxygens (including phenoxy) is 1. The number of esters is 1. The van der Waals surface area contributed by atoms with E-state index in [1.165, 1.54) is 7.11 Å². The first-order valence-corrected chi connectivity index (χ1v) is 5.94. The Balaban J connectivity index is 4.13. The van der Waals surface area contributed by atoms with E-state index in [4.69, 9.17) is 0 Å². The lowest BCUT2D eigenvalue weighted by atomic mass is 10.0. The third-order valence-corrected chi connectivity index (χ3v) is 2.65. The molecule has 0 saturated heterocycles. The zero-order valence-corrected chi connectivity index (χ0v) is 10.7. The Morgan fingerprint density at radius 2 is 1.94 bits per heavy atom. The van der Waals surface area contributed by atoms with Gasteiger partial charge >= 0.3 is 5.97 Å². The highest BCUT2D eigenvalue weighted by atomic mass is 16.5. The van der Waals surface area contributed by atoms with E-state index in [9.17, 15) is 9.59 Å². The second-order valence-electron chi connectivity index (χ2n) is 4.04. The number of hydrogen-bond acceptors (Lipinski definition) is 3. The molecule has 1 amide bonds. The summed E-state index contributed by atoms with van der Waals surface area (Å²) in [6.45, 7) is 5.82. The van der Waals surface area contributed by atoms with E-state index in [-0.39, 0.29) is 17.8 Å². The fourth-order valence-corrected chi connectivity index (χ4v) is 1.43. The van der Waals surface area contributed by atoms with Gasteiger partial charge in [0.1, 0.15) is 6.04 Å². The molecule has 0 aromatic heterocycles. The minimum absolute atomic E-state index is 0.0429. The van der Waals surface area contributed by atoms with Crippen LogP contribution >= 0.6 is 0 Å². The number of rotatable bonds is 7.